The smallest absolute Gasteiger partial charge is 0.406 e. The van der Waals surface area contributed by atoms with Crippen molar-refractivity contribution in [3.8, 4) is 5.75 Å². The molecule has 0 bridgehead atoms. The predicted octanol–water partition coefficient (Wildman–Crippen LogP) is 5.19. The van der Waals surface area contributed by atoms with Crippen LogP contribution in [0.3, 0.4) is 0 Å². The Morgan fingerprint density at radius 2 is 1.34 bits per heavy atom. The van der Waals surface area contributed by atoms with Gasteiger partial charge in [-0.15, -0.1) is 13.2 Å². The van der Waals surface area contributed by atoms with E-state index in [4.69, 9.17) is 0 Å². The van der Waals surface area contributed by atoms with E-state index in [0.717, 1.165) is 24.2 Å². The summed E-state index contributed by atoms with van der Waals surface area (Å²) in [6.07, 6.45) is -4.77. The van der Waals surface area contributed by atoms with Gasteiger partial charge in [0, 0.05) is 31.1 Å². The van der Waals surface area contributed by atoms with E-state index in [2.05, 4.69) is 15.0 Å². The molecule has 158 valence electrons. The lowest BCUT2D eigenvalue weighted by molar-refractivity contribution is -0.274. The van der Waals surface area contributed by atoms with Crippen LogP contribution in [0.15, 0.2) is 53.4 Å². The average molecular weight is 436 g/mol. The van der Waals surface area contributed by atoms with E-state index in [9.17, 15) is 26.3 Å². The Kier molecular flexibility index (Phi) is 6.65. The quantitative estimate of drug-likeness (QED) is 0.515. The van der Waals surface area contributed by atoms with Gasteiger partial charge in [-0.1, -0.05) is 24.3 Å². The maximum atomic E-state index is 12.6. The van der Waals surface area contributed by atoms with E-state index in [-0.39, 0.29) is 28.4 Å². The van der Waals surface area contributed by atoms with Gasteiger partial charge >= 0.3 is 11.9 Å². The Hall–Kier alpha value is -1.91. The van der Waals surface area contributed by atoms with E-state index >= 15 is 0 Å². The molecule has 10 heteroatoms. The molecule has 0 aromatic heterocycles. The normalized spacial score (nSPS) is 17.2. The van der Waals surface area contributed by atoms with Crippen molar-refractivity contribution >= 4 is 11.8 Å². The molecule has 29 heavy (non-hydrogen) atoms. The molecule has 1 fully saturated rings. The monoisotopic (exact) mass is 436 g/mol. The third-order valence-electron chi connectivity index (χ3n) is 4.38. The maximum Gasteiger partial charge on any atom is 0.573 e. The van der Waals surface area contributed by atoms with E-state index in [1.165, 1.54) is 24.3 Å². The molecule has 1 aliphatic rings. The van der Waals surface area contributed by atoms with Crippen LogP contribution in [-0.2, 0) is 0 Å². The zero-order valence-corrected chi connectivity index (χ0v) is 15.9. The van der Waals surface area contributed by atoms with E-state index in [1.54, 1.807) is 24.3 Å². The first kappa shape index (κ1) is 21.8. The van der Waals surface area contributed by atoms with Crippen LogP contribution in [0.4, 0.5) is 26.3 Å². The summed E-state index contributed by atoms with van der Waals surface area (Å²) in [6.45, 7) is 2.89. The van der Waals surface area contributed by atoms with Crippen molar-refractivity contribution in [2.24, 2.45) is 0 Å². The van der Waals surface area contributed by atoms with Gasteiger partial charge in [0.25, 0.3) is 0 Å². The number of benzene rings is 2. The van der Waals surface area contributed by atoms with Gasteiger partial charge in [-0.2, -0.15) is 13.2 Å². The minimum Gasteiger partial charge on any atom is -0.406 e. The Bertz CT molecular complexity index is 727. The summed E-state index contributed by atoms with van der Waals surface area (Å²) in [5.74, 6) is -0.322. The molecule has 0 spiro atoms. The minimum atomic E-state index is -4.77. The van der Waals surface area contributed by atoms with Crippen molar-refractivity contribution in [1.82, 2.24) is 10.2 Å². The first-order valence-electron chi connectivity index (χ1n) is 8.77. The number of thioether (sulfide) groups is 1. The summed E-state index contributed by atoms with van der Waals surface area (Å²) in [5.41, 5.74) is -2.87. The second-order valence-corrected chi connectivity index (χ2v) is 7.56. The van der Waals surface area contributed by atoms with Crippen LogP contribution in [0.25, 0.3) is 0 Å². The molecule has 0 saturated carbocycles. The second-order valence-electron chi connectivity index (χ2n) is 6.42. The lowest BCUT2D eigenvalue weighted by Gasteiger charge is -2.35. The second kappa shape index (κ2) is 8.85. The van der Waals surface area contributed by atoms with Crippen LogP contribution in [0.1, 0.15) is 17.2 Å². The van der Waals surface area contributed by atoms with Crippen molar-refractivity contribution in [3.05, 3.63) is 59.7 Å². The molecule has 0 radical (unpaired) electrons. The van der Waals surface area contributed by atoms with E-state index in [0.29, 0.717) is 13.1 Å². The molecular weight excluding hydrogens is 418 g/mol. The topological polar surface area (TPSA) is 24.5 Å². The summed E-state index contributed by atoms with van der Waals surface area (Å²) in [4.78, 5) is 2.22. The predicted molar refractivity (Wildman–Crippen MR) is 97.8 cm³/mol. The molecular formula is C19H18F6N2OS. The third kappa shape index (κ3) is 6.55. The van der Waals surface area contributed by atoms with Gasteiger partial charge < -0.3 is 10.1 Å². The zero-order chi connectivity index (χ0) is 21.1. The van der Waals surface area contributed by atoms with Crippen molar-refractivity contribution in [1.29, 1.82) is 0 Å². The summed E-state index contributed by atoms with van der Waals surface area (Å²) < 4.78 is 78.8. The first-order valence-corrected chi connectivity index (χ1v) is 9.58. The molecule has 0 unspecified atom stereocenters. The fourth-order valence-corrected chi connectivity index (χ4v) is 3.80. The maximum absolute atomic E-state index is 12.6. The Morgan fingerprint density at radius 1 is 0.828 bits per heavy atom. The molecule has 3 nitrogen and oxygen atoms in total. The minimum absolute atomic E-state index is 0.0780. The van der Waals surface area contributed by atoms with Gasteiger partial charge in [0.05, 0.1) is 6.04 Å². The third-order valence-corrected chi connectivity index (χ3v) is 5.11. The van der Waals surface area contributed by atoms with Crippen molar-refractivity contribution < 1.29 is 31.1 Å². The van der Waals surface area contributed by atoms with Gasteiger partial charge in [0.15, 0.2) is 0 Å². The molecule has 2 aromatic rings. The lowest BCUT2D eigenvalue weighted by Crippen LogP contribution is -2.45. The highest BCUT2D eigenvalue weighted by atomic mass is 32.2. The highest BCUT2D eigenvalue weighted by Crippen LogP contribution is 2.38. The Morgan fingerprint density at radius 3 is 1.83 bits per heavy atom. The average Bonchev–Trinajstić information content (AvgIpc) is 2.63. The summed E-state index contributed by atoms with van der Waals surface area (Å²) in [7, 11) is 0. The van der Waals surface area contributed by atoms with E-state index in [1.807, 2.05) is 0 Å². The van der Waals surface area contributed by atoms with Gasteiger partial charge in [-0.3, -0.25) is 4.90 Å². The largest absolute Gasteiger partial charge is 0.573 e. The summed E-state index contributed by atoms with van der Waals surface area (Å²) in [5, 5.41) is 3.23. The van der Waals surface area contributed by atoms with Crippen molar-refractivity contribution in [3.63, 3.8) is 0 Å². The molecule has 1 N–H and O–H groups in total. The van der Waals surface area contributed by atoms with Crippen LogP contribution in [0, 0.1) is 0 Å². The van der Waals surface area contributed by atoms with Gasteiger partial charge in [0.2, 0.25) is 0 Å². The number of rotatable bonds is 5. The van der Waals surface area contributed by atoms with Crippen LogP contribution < -0.4 is 10.1 Å². The highest BCUT2D eigenvalue weighted by Gasteiger charge is 2.32. The van der Waals surface area contributed by atoms with Crippen molar-refractivity contribution in [2.45, 2.75) is 22.8 Å². The number of nitrogens with one attached hydrogen (secondary N) is 1. The van der Waals surface area contributed by atoms with Crippen LogP contribution in [0.5, 0.6) is 5.75 Å². The van der Waals surface area contributed by atoms with Crippen molar-refractivity contribution in [2.75, 3.05) is 26.2 Å². The standard InChI is InChI=1S/C19H18F6N2OS/c20-18(21,22)28-15-5-1-13(2-6-15)17(27-11-9-26-10-12-27)14-3-7-16(8-4-14)29-19(23,24)25/h1-8,17,26H,9-12H2/t17-/m1/s1. The number of ether oxygens (including phenoxy) is 1. The molecule has 1 heterocycles. The number of alkyl halides is 6. The fourth-order valence-electron chi connectivity index (χ4n) is 3.26. The van der Waals surface area contributed by atoms with E-state index < -0.39 is 11.9 Å². The molecule has 0 amide bonds. The SMILES string of the molecule is FC(F)(F)Oc1ccc([C@H](c2ccc(SC(F)(F)F)cc2)N2CCNCC2)cc1. The number of nitrogens with zero attached hydrogens (tertiary/aromatic N) is 1. The molecule has 3 rings (SSSR count). The zero-order valence-electron chi connectivity index (χ0n) is 15.1. The number of hydrogen-bond acceptors (Lipinski definition) is 4. The molecule has 1 aliphatic heterocycles. The highest BCUT2D eigenvalue weighted by molar-refractivity contribution is 8.00. The van der Waals surface area contributed by atoms with Gasteiger partial charge in [0.1, 0.15) is 5.75 Å². The number of hydrogen-bond donors (Lipinski definition) is 1. The summed E-state index contributed by atoms with van der Waals surface area (Å²) in [6, 6.07) is 11.4. The Balaban J connectivity index is 1.87. The Labute approximate surface area is 168 Å². The number of halogens is 6. The van der Waals surface area contributed by atoms with Gasteiger partial charge in [-0.25, -0.2) is 0 Å². The van der Waals surface area contributed by atoms with Crippen LogP contribution in [0.2, 0.25) is 0 Å². The molecule has 1 saturated heterocycles. The molecule has 2 aromatic carbocycles. The van der Waals surface area contributed by atoms with Crippen LogP contribution >= 0.6 is 11.8 Å². The van der Waals surface area contributed by atoms with Crippen LogP contribution in [-0.4, -0.2) is 42.9 Å². The lowest BCUT2D eigenvalue weighted by atomic mass is 9.96. The first-order chi connectivity index (χ1) is 13.6. The fraction of sp³-hybridized carbons (Fsp3) is 0.368. The van der Waals surface area contributed by atoms with Gasteiger partial charge in [-0.05, 0) is 47.2 Å². The number of piperazine rings is 1. The molecule has 1 atom stereocenters. The summed E-state index contributed by atoms with van der Waals surface area (Å²) >= 11 is -0.187. The molecule has 0 aliphatic carbocycles.